The summed E-state index contributed by atoms with van der Waals surface area (Å²) >= 11 is 3.33. The summed E-state index contributed by atoms with van der Waals surface area (Å²) in [5.41, 5.74) is 0.749. The van der Waals surface area contributed by atoms with Gasteiger partial charge in [0.05, 0.1) is 6.10 Å². The number of aliphatic hydroxyl groups is 1. The molecular formula is C13H19BrN2O2. The molecule has 3 N–H and O–H groups in total. The highest BCUT2D eigenvalue weighted by Crippen LogP contribution is 2.13. The summed E-state index contributed by atoms with van der Waals surface area (Å²) in [7, 11) is 0. The van der Waals surface area contributed by atoms with E-state index in [0.717, 1.165) is 10.2 Å². The summed E-state index contributed by atoms with van der Waals surface area (Å²) < 4.78 is 0.971. The average molecular weight is 315 g/mol. The fourth-order valence-corrected chi connectivity index (χ4v) is 1.91. The minimum Gasteiger partial charge on any atom is -0.393 e. The third-order valence-electron chi connectivity index (χ3n) is 2.46. The molecule has 0 radical (unpaired) electrons. The lowest BCUT2D eigenvalue weighted by Crippen LogP contribution is -2.33. The lowest BCUT2D eigenvalue weighted by atomic mass is 10.1. The van der Waals surface area contributed by atoms with Crippen molar-refractivity contribution in [3.63, 3.8) is 0 Å². The predicted octanol–water partition coefficient (Wildman–Crippen LogP) is 2.98. The van der Waals surface area contributed by atoms with Crippen LogP contribution < -0.4 is 10.6 Å². The Morgan fingerprint density at radius 3 is 2.50 bits per heavy atom. The molecule has 1 aromatic rings. The van der Waals surface area contributed by atoms with Crippen LogP contribution in [0.4, 0.5) is 10.5 Å². The van der Waals surface area contributed by atoms with Gasteiger partial charge in [-0.05, 0) is 43.5 Å². The van der Waals surface area contributed by atoms with Crippen LogP contribution in [0.3, 0.4) is 0 Å². The van der Waals surface area contributed by atoms with E-state index in [4.69, 9.17) is 0 Å². The highest BCUT2D eigenvalue weighted by molar-refractivity contribution is 9.10. The zero-order valence-corrected chi connectivity index (χ0v) is 12.2. The molecule has 2 amide bonds. The van der Waals surface area contributed by atoms with E-state index in [9.17, 15) is 9.90 Å². The SMILES string of the molecule is CC(O)CC(C)CNC(=O)Nc1ccc(Br)cc1. The molecular weight excluding hydrogens is 296 g/mol. The Morgan fingerprint density at radius 1 is 1.33 bits per heavy atom. The Bertz CT molecular complexity index is 379. The van der Waals surface area contributed by atoms with Crippen LogP contribution >= 0.6 is 15.9 Å². The molecule has 2 unspecified atom stereocenters. The van der Waals surface area contributed by atoms with Gasteiger partial charge in [0.1, 0.15) is 0 Å². The molecule has 4 nitrogen and oxygen atoms in total. The first kappa shape index (κ1) is 15.0. The van der Waals surface area contributed by atoms with Gasteiger partial charge in [0.25, 0.3) is 0 Å². The number of hydrogen-bond acceptors (Lipinski definition) is 2. The van der Waals surface area contributed by atoms with Gasteiger partial charge in [-0.2, -0.15) is 0 Å². The van der Waals surface area contributed by atoms with Gasteiger partial charge in [0.15, 0.2) is 0 Å². The number of halogens is 1. The lowest BCUT2D eigenvalue weighted by Gasteiger charge is -2.14. The van der Waals surface area contributed by atoms with Crippen molar-refractivity contribution in [1.82, 2.24) is 5.32 Å². The first-order valence-electron chi connectivity index (χ1n) is 5.96. The first-order valence-corrected chi connectivity index (χ1v) is 6.75. The second kappa shape index (κ2) is 7.38. The fourth-order valence-electron chi connectivity index (χ4n) is 1.64. The molecule has 1 aromatic carbocycles. The number of rotatable bonds is 5. The van der Waals surface area contributed by atoms with Crippen LogP contribution in [0.25, 0.3) is 0 Å². The Balaban J connectivity index is 2.31. The number of anilines is 1. The first-order chi connectivity index (χ1) is 8.47. The number of carbonyl (C=O) groups excluding carboxylic acids is 1. The number of nitrogens with one attached hydrogen (secondary N) is 2. The van der Waals surface area contributed by atoms with E-state index in [1.165, 1.54) is 0 Å². The molecule has 100 valence electrons. The van der Waals surface area contributed by atoms with E-state index in [-0.39, 0.29) is 18.1 Å². The van der Waals surface area contributed by atoms with Gasteiger partial charge in [-0.3, -0.25) is 0 Å². The van der Waals surface area contributed by atoms with Crippen molar-refractivity contribution in [3.8, 4) is 0 Å². The van der Waals surface area contributed by atoms with Gasteiger partial charge in [-0.1, -0.05) is 22.9 Å². The second-order valence-corrected chi connectivity index (χ2v) is 5.45. The van der Waals surface area contributed by atoms with Crippen LogP contribution in [0.15, 0.2) is 28.7 Å². The molecule has 2 atom stereocenters. The number of hydrogen-bond donors (Lipinski definition) is 3. The molecule has 5 heteroatoms. The van der Waals surface area contributed by atoms with E-state index < -0.39 is 0 Å². The maximum Gasteiger partial charge on any atom is 0.319 e. The van der Waals surface area contributed by atoms with E-state index in [2.05, 4.69) is 26.6 Å². The smallest absolute Gasteiger partial charge is 0.319 e. The van der Waals surface area contributed by atoms with Crippen molar-refractivity contribution >= 4 is 27.6 Å². The van der Waals surface area contributed by atoms with Crippen molar-refractivity contribution < 1.29 is 9.90 Å². The maximum absolute atomic E-state index is 11.6. The predicted molar refractivity (Wildman–Crippen MR) is 76.6 cm³/mol. The molecule has 0 saturated heterocycles. The van der Waals surface area contributed by atoms with Crippen molar-refractivity contribution in [2.24, 2.45) is 5.92 Å². The molecule has 0 saturated carbocycles. The number of benzene rings is 1. The van der Waals surface area contributed by atoms with Gasteiger partial charge in [0.2, 0.25) is 0 Å². The summed E-state index contributed by atoms with van der Waals surface area (Å²) in [5, 5.41) is 14.7. The quantitative estimate of drug-likeness (QED) is 0.782. The number of urea groups is 1. The van der Waals surface area contributed by atoms with Gasteiger partial charge >= 0.3 is 6.03 Å². The molecule has 0 aliphatic carbocycles. The van der Waals surface area contributed by atoms with Gasteiger partial charge in [-0.25, -0.2) is 4.79 Å². The lowest BCUT2D eigenvalue weighted by molar-refractivity contribution is 0.163. The molecule has 0 aliphatic heterocycles. The third-order valence-corrected chi connectivity index (χ3v) is 2.99. The summed E-state index contributed by atoms with van der Waals surface area (Å²) in [5.74, 6) is 0.251. The van der Waals surface area contributed by atoms with Crippen LogP contribution in [-0.2, 0) is 0 Å². The van der Waals surface area contributed by atoms with Gasteiger partial charge < -0.3 is 15.7 Å². The molecule has 0 aliphatic rings. The minimum atomic E-state index is -0.337. The molecule has 0 spiro atoms. The van der Waals surface area contributed by atoms with E-state index in [1.54, 1.807) is 6.92 Å². The Morgan fingerprint density at radius 2 is 1.94 bits per heavy atom. The monoisotopic (exact) mass is 314 g/mol. The van der Waals surface area contributed by atoms with Crippen LogP contribution in [0.2, 0.25) is 0 Å². The van der Waals surface area contributed by atoms with Gasteiger partial charge in [0, 0.05) is 16.7 Å². The average Bonchev–Trinajstić information content (AvgIpc) is 2.29. The molecule has 0 heterocycles. The van der Waals surface area contributed by atoms with E-state index >= 15 is 0 Å². The number of carbonyl (C=O) groups is 1. The summed E-state index contributed by atoms with van der Waals surface area (Å²) in [6.45, 7) is 4.29. The molecule has 0 bridgehead atoms. The number of aliphatic hydroxyl groups excluding tert-OH is 1. The number of amides is 2. The van der Waals surface area contributed by atoms with Crippen molar-refractivity contribution in [3.05, 3.63) is 28.7 Å². The highest BCUT2D eigenvalue weighted by Gasteiger charge is 2.08. The van der Waals surface area contributed by atoms with Crippen LogP contribution in [-0.4, -0.2) is 23.8 Å². The van der Waals surface area contributed by atoms with Crippen LogP contribution in [0.1, 0.15) is 20.3 Å². The second-order valence-electron chi connectivity index (χ2n) is 4.53. The molecule has 0 fully saturated rings. The Hall–Kier alpha value is -1.07. The normalized spacial score (nSPS) is 13.8. The Labute approximate surface area is 116 Å². The topological polar surface area (TPSA) is 61.4 Å². The van der Waals surface area contributed by atoms with Gasteiger partial charge in [-0.15, -0.1) is 0 Å². The zero-order chi connectivity index (χ0) is 13.5. The molecule has 0 aromatic heterocycles. The standard InChI is InChI=1S/C13H19BrN2O2/c1-9(7-10(2)17)8-15-13(18)16-12-5-3-11(14)4-6-12/h3-6,9-10,17H,7-8H2,1-2H3,(H2,15,16,18). The minimum absolute atomic E-state index is 0.227. The molecule has 1 rings (SSSR count). The van der Waals surface area contributed by atoms with Crippen molar-refractivity contribution in [2.75, 3.05) is 11.9 Å². The highest BCUT2D eigenvalue weighted by atomic mass is 79.9. The largest absolute Gasteiger partial charge is 0.393 e. The summed E-state index contributed by atoms with van der Waals surface area (Å²) in [6.07, 6.45) is 0.342. The maximum atomic E-state index is 11.6. The fraction of sp³-hybridized carbons (Fsp3) is 0.462. The Kier molecular flexibility index (Phi) is 6.15. The van der Waals surface area contributed by atoms with E-state index in [0.29, 0.717) is 13.0 Å². The van der Waals surface area contributed by atoms with E-state index in [1.807, 2.05) is 31.2 Å². The van der Waals surface area contributed by atoms with Crippen molar-refractivity contribution in [1.29, 1.82) is 0 Å². The zero-order valence-electron chi connectivity index (χ0n) is 10.6. The van der Waals surface area contributed by atoms with Crippen molar-refractivity contribution in [2.45, 2.75) is 26.4 Å². The third kappa shape index (κ3) is 6.02. The summed E-state index contributed by atoms with van der Waals surface area (Å²) in [6, 6.07) is 7.15. The van der Waals surface area contributed by atoms with Crippen LogP contribution in [0.5, 0.6) is 0 Å². The summed E-state index contributed by atoms with van der Waals surface area (Å²) in [4.78, 5) is 11.6. The van der Waals surface area contributed by atoms with Crippen LogP contribution in [0, 0.1) is 5.92 Å². The molecule has 18 heavy (non-hydrogen) atoms.